The summed E-state index contributed by atoms with van der Waals surface area (Å²) in [4.78, 5) is 32.1. The van der Waals surface area contributed by atoms with Crippen molar-refractivity contribution in [1.82, 2.24) is 20.1 Å². The largest absolute Gasteiger partial charge is 0.490 e. The zero-order chi connectivity index (χ0) is 19.9. The smallest absolute Gasteiger partial charge is 0.245 e. The van der Waals surface area contributed by atoms with Crippen molar-refractivity contribution in [2.75, 3.05) is 33.3 Å². The molecule has 8 nitrogen and oxygen atoms in total. The third kappa shape index (κ3) is 5.42. The Morgan fingerprint density at radius 3 is 2.54 bits per heavy atom. The lowest BCUT2D eigenvalue weighted by Crippen LogP contribution is -2.45. The first kappa shape index (κ1) is 20.5. The van der Waals surface area contributed by atoms with Crippen LogP contribution in [0, 0.1) is 0 Å². The summed E-state index contributed by atoms with van der Waals surface area (Å²) in [5, 5.41) is 11.5. The Labute approximate surface area is 165 Å². The number of hydrogen-bond acceptors (Lipinski definition) is 6. The molecule has 2 aliphatic rings. The van der Waals surface area contributed by atoms with E-state index < -0.39 is 6.61 Å². The number of pyridine rings is 1. The predicted molar refractivity (Wildman–Crippen MR) is 104 cm³/mol. The molecule has 0 unspecified atom stereocenters. The average Bonchev–Trinajstić information content (AvgIpc) is 3.07. The van der Waals surface area contributed by atoms with Gasteiger partial charge in [0.25, 0.3) is 0 Å². The zero-order valence-electron chi connectivity index (χ0n) is 16.4. The number of carbonyl (C=O) groups excluding carboxylic acids is 2. The topological polar surface area (TPSA) is 95.0 Å². The van der Waals surface area contributed by atoms with Crippen LogP contribution in [0.3, 0.4) is 0 Å². The molecule has 0 aliphatic carbocycles. The molecule has 28 heavy (non-hydrogen) atoms. The number of nitrogens with one attached hydrogen (secondary N) is 1. The van der Waals surface area contributed by atoms with Crippen molar-refractivity contribution >= 4 is 11.8 Å². The van der Waals surface area contributed by atoms with Gasteiger partial charge < -0.3 is 20.1 Å². The summed E-state index contributed by atoms with van der Waals surface area (Å²) in [6.45, 7) is 1.47. The van der Waals surface area contributed by atoms with Crippen molar-refractivity contribution in [3.63, 3.8) is 0 Å². The van der Waals surface area contributed by atoms with Crippen molar-refractivity contribution in [3.8, 4) is 5.75 Å². The van der Waals surface area contributed by atoms with Crippen LogP contribution in [-0.4, -0.2) is 83.2 Å². The molecule has 8 heteroatoms. The Morgan fingerprint density at radius 1 is 1.18 bits per heavy atom. The second-order valence-electron chi connectivity index (χ2n) is 7.60. The third-order valence-electron chi connectivity index (χ3n) is 5.82. The van der Waals surface area contributed by atoms with Crippen LogP contribution < -0.4 is 10.1 Å². The van der Waals surface area contributed by atoms with Gasteiger partial charge in [-0.15, -0.1) is 0 Å². The molecule has 154 valence electrons. The van der Waals surface area contributed by atoms with Crippen molar-refractivity contribution < 1.29 is 19.4 Å². The molecule has 0 spiro atoms. The van der Waals surface area contributed by atoms with Gasteiger partial charge in [-0.3, -0.25) is 19.5 Å². The molecule has 2 N–H and O–H groups in total. The van der Waals surface area contributed by atoms with Gasteiger partial charge in [0.15, 0.2) is 0 Å². The molecule has 0 aromatic carbocycles. The fourth-order valence-corrected chi connectivity index (χ4v) is 4.03. The number of likely N-dealkylation sites (tertiary alicyclic amines) is 2. The van der Waals surface area contributed by atoms with Crippen molar-refractivity contribution in [2.45, 2.75) is 50.3 Å². The number of amides is 2. The molecule has 3 heterocycles. The molecule has 1 aromatic heterocycles. The van der Waals surface area contributed by atoms with E-state index in [-0.39, 0.29) is 30.0 Å². The molecule has 2 fully saturated rings. The fraction of sp³-hybridized carbons (Fsp3) is 0.650. The lowest BCUT2D eigenvalue weighted by atomic mass is 10.1. The monoisotopic (exact) mass is 390 g/mol. The van der Waals surface area contributed by atoms with E-state index in [9.17, 15) is 9.59 Å². The Kier molecular flexibility index (Phi) is 7.22. The Morgan fingerprint density at radius 2 is 1.86 bits per heavy atom. The Hall–Kier alpha value is -2.19. The standard InChI is InChI=1S/C20H30N4O4/c1-23-15(2-3-16(23)13-22-19(26)14-25)12-20(27)24-10-6-18(7-11-24)28-17-4-8-21-9-5-17/h4-5,8-9,15-16,18,25H,2-3,6-7,10-14H2,1H3,(H,22,26)/t15-,16+/m1/s1. The number of aliphatic hydroxyl groups excluding tert-OH is 1. The summed E-state index contributed by atoms with van der Waals surface area (Å²) in [5.74, 6) is 0.663. The van der Waals surface area contributed by atoms with E-state index >= 15 is 0 Å². The van der Waals surface area contributed by atoms with Gasteiger partial charge in [-0.25, -0.2) is 0 Å². The van der Waals surface area contributed by atoms with Crippen LogP contribution in [0.4, 0.5) is 0 Å². The normalized spacial score (nSPS) is 23.6. The van der Waals surface area contributed by atoms with Crippen LogP contribution >= 0.6 is 0 Å². The van der Waals surface area contributed by atoms with E-state index in [1.54, 1.807) is 12.4 Å². The van der Waals surface area contributed by atoms with Crippen LogP contribution in [0.1, 0.15) is 32.1 Å². The third-order valence-corrected chi connectivity index (χ3v) is 5.82. The number of piperidine rings is 1. The molecule has 2 aliphatic heterocycles. The lowest BCUT2D eigenvalue weighted by Gasteiger charge is -2.34. The summed E-state index contributed by atoms with van der Waals surface area (Å²) in [6.07, 6.45) is 7.65. The number of rotatable bonds is 7. The summed E-state index contributed by atoms with van der Waals surface area (Å²) in [6, 6.07) is 4.13. The molecule has 0 saturated carbocycles. The molecular formula is C20H30N4O4. The molecule has 2 amide bonds. The van der Waals surface area contributed by atoms with Gasteiger partial charge in [-0.05, 0) is 32.0 Å². The van der Waals surface area contributed by atoms with Gasteiger partial charge in [-0.1, -0.05) is 0 Å². The van der Waals surface area contributed by atoms with E-state index in [0.29, 0.717) is 13.0 Å². The molecular weight excluding hydrogens is 360 g/mol. The zero-order valence-corrected chi connectivity index (χ0v) is 16.4. The molecule has 3 rings (SSSR count). The summed E-state index contributed by atoms with van der Waals surface area (Å²) in [7, 11) is 2.01. The predicted octanol–water partition coefficient (Wildman–Crippen LogP) is 0.413. The van der Waals surface area contributed by atoms with E-state index in [0.717, 1.165) is 44.5 Å². The van der Waals surface area contributed by atoms with E-state index in [1.807, 2.05) is 24.1 Å². The number of likely N-dealkylation sites (N-methyl/N-ethyl adjacent to an activating group) is 1. The number of hydrogen-bond donors (Lipinski definition) is 2. The van der Waals surface area contributed by atoms with Crippen LogP contribution in [0.2, 0.25) is 0 Å². The number of nitrogens with zero attached hydrogens (tertiary/aromatic N) is 3. The first-order valence-electron chi connectivity index (χ1n) is 10.0. The van der Waals surface area contributed by atoms with Gasteiger partial charge in [0.1, 0.15) is 18.5 Å². The van der Waals surface area contributed by atoms with Crippen LogP contribution in [0.5, 0.6) is 5.75 Å². The maximum absolute atomic E-state index is 12.7. The van der Waals surface area contributed by atoms with Crippen molar-refractivity contribution in [3.05, 3.63) is 24.5 Å². The molecule has 0 radical (unpaired) electrons. The molecule has 1 aromatic rings. The van der Waals surface area contributed by atoms with Gasteiger partial charge >= 0.3 is 0 Å². The second-order valence-corrected chi connectivity index (χ2v) is 7.60. The van der Waals surface area contributed by atoms with Gasteiger partial charge in [0, 0.05) is 63.4 Å². The second kappa shape index (κ2) is 9.84. The maximum Gasteiger partial charge on any atom is 0.245 e. The SMILES string of the molecule is CN1[C@@H](CC(=O)N2CCC(Oc3ccncc3)CC2)CC[C@H]1CNC(=O)CO. The first-order valence-corrected chi connectivity index (χ1v) is 10.0. The summed E-state index contributed by atoms with van der Waals surface area (Å²) in [5.41, 5.74) is 0. The Bertz CT molecular complexity index is 649. The highest BCUT2D eigenvalue weighted by Gasteiger charge is 2.33. The average molecular weight is 390 g/mol. The number of aromatic nitrogens is 1. The van der Waals surface area contributed by atoms with Gasteiger partial charge in [0.2, 0.25) is 11.8 Å². The van der Waals surface area contributed by atoms with Gasteiger partial charge in [0.05, 0.1) is 0 Å². The fourth-order valence-electron chi connectivity index (χ4n) is 4.03. The van der Waals surface area contributed by atoms with Crippen LogP contribution in [0.15, 0.2) is 24.5 Å². The molecule has 2 saturated heterocycles. The van der Waals surface area contributed by atoms with E-state index in [2.05, 4.69) is 15.2 Å². The van der Waals surface area contributed by atoms with Crippen LogP contribution in [-0.2, 0) is 9.59 Å². The van der Waals surface area contributed by atoms with Gasteiger partial charge in [-0.2, -0.15) is 0 Å². The molecule has 0 bridgehead atoms. The minimum absolute atomic E-state index is 0.139. The van der Waals surface area contributed by atoms with E-state index in [1.165, 1.54) is 0 Å². The quantitative estimate of drug-likeness (QED) is 0.700. The van der Waals surface area contributed by atoms with Crippen molar-refractivity contribution in [1.29, 1.82) is 0 Å². The number of ether oxygens (including phenoxy) is 1. The molecule has 2 atom stereocenters. The minimum Gasteiger partial charge on any atom is -0.490 e. The highest BCUT2D eigenvalue weighted by Crippen LogP contribution is 2.26. The maximum atomic E-state index is 12.7. The minimum atomic E-state index is -0.487. The number of aliphatic hydroxyl groups is 1. The van der Waals surface area contributed by atoms with Crippen molar-refractivity contribution in [2.24, 2.45) is 0 Å². The first-order chi connectivity index (χ1) is 13.6. The summed E-state index contributed by atoms with van der Waals surface area (Å²) < 4.78 is 5.96. The highest BCUT2D eigenvalue weighted by atomic mass is 16.5. The lowest BCUT2D eigenvalue weighted by molar-refractivity contribution is -0.134. The Balaban J connectivity index is 1.40. The summed E-state index contributed by atoms with van der Waals surface area (Å²) >= 11 is 0. The van der Waals surface area contributed by atoms with E-state index in [4.69, 9.17) is 9.84 Å². The van der Waals surface area contributed by atoms with Crippen LogP contribution in [0.25, 0.3) is 0 Å². The highest BCUT2D eigenvalue weighted by molar-refractivity contribution is 5.77. The number of carbonyl (C=O) groups is 2.